The van der Waals surface area contributed by atoms with Gasteiger partial charge in [-0.2, -0.15) is 13.1 Å². The van der Waals surface area contributed by atoms with Gasteiger partial charge in [0.15, 0.2) is 0 Å². The minimum absolute atomic E-state index is 0.675. The number of hydrogen-bond acceptors (Lipinski definition) is 6. The molecule has 0 fully saturated rings. The Morgan fingerprint density at radius 1 is 0.375 bits per heavy atom. The van der Waals surface area contributed by atoms with E-state index in [0.717, 1.165) is 65.4 Å². The lowest BCUT2D eigenvalue weighted by molar-refractivity contribution is 0.679. The molecular weight excluding hydrogens is 655 g/mol. The van der Waals surface area contributed by atoms with Gasteiger partial charge in [-0.25, -0.2) is 12.6 Å². The molecule has 0 bridgehead atoms. The zero-order valence-electron chi connectivity index (χ0n) is 26.3. The third-order valence-corrected chi connectivity index (χ3v) is 14.5. The van der Waals surface area contributed by atoms with Gasteiger partial charge in [0, 0.05) is 57.7 Å². The Hall–Kier alpha value is -4.83. The predicted molar refractivity (Wildman–Crippen MR) is 197 cm³/mol. The summed E-state index contributed by atoms with van der Waals surface area (Å²) < 4.78 is 55.3. The summed E-state index contributed by atoms with van der Waals surface area (Å²) in [6.07, 6.45) is 5.07. The second-order valence-corrected chi connectivity index (χ2v) is 19.2. The van der Waals surface area contributed by atoms with Crippen LogP contribution in [0.25, 0.3) is 55.6 Å². The summed E-state index contributed by atoms with van der Waals surface area (Å²) in [6, 6.07) is 39.6. The fraction of sp³-hybridized carbons (Fsp3) is 0.0769. The largest absolute Gasteiger partial charge is 0.245 e. The van der Waals surface area contributed by atoms with Crippen molar-refractivity contribution in [3.05, 3.63) is 121 Å². The molecule has 9 heteroatoms. The van der Waals surface area contributed by atoms with Gasteiger partial charge in [0.1, 0.15) is 0 Å². The fourth-order valence-corrected chi connectivity index (χ4v) is 11.8. The highest BCUT2D eigenvalue weighted by molar-refractivity contribution is 7.93. The molecule has 3 atom stereocenters. The van der Waals surface area contributed by atoms with Crippen LogP contribution in [-0.4, -0.2) is 31.4 Å². The average molecular weight is 684 g/mol. The van der Waals surface area contributed by atoms with Crippen molar-refractivity contribution in [1.82, 2.24) is 0 Å². The maximum Gasteiger partial charge on any atom is 0.0891 e. The first-order chi connectivity index (χ1) is 23.0. The van der Waals surface area contributed by atoms with Gasteiger partial charge in [-0.05, 0) is 71.3 Å². The van der Waals surface area contributed by atoms with Crippen molar-refractivity contribution in [2.75, 3.05) is 18.8 Å². The molecule has 3 aliphatic heterocycles. The molecule has 236 valence electrons. The van der Waals surface area contributed by atoms with Crippen molar-refractivity contribution in [3.8, 4) is 55.6 Å². The molecule has 48 heavy (non-hydrogen) atoms. The fourth-order valence-electron chi connectivity index (χ4n) is 7.09. The van der Waals surface area contributed by atoms with Gasteiger partial charge in [0.2, 0.25) is 0 Å². The summed E-state index contributed by atoms with van der Waals surface area (Å²) in [7, 11) is -7.86. The zero-order valence-corrected chi connectivity index (χ0v) is 28.8. The summed E-state index contributed by atoms with van der Waals surface area (Å²) >= 11 is 0. The first-order valence-electron chi connectivity index (χ1n) is 15.4. The molecule has 0 saturated heterocycles. The van der Waals surface area contributed by atoms with E-state index in [-0.39, 0.29) is 0 Å². The van der Waals surface area contributed by atoms with Crippen LogP contribution in [0.2, 0.25) is 0 Å². The lowest BCUT2D eigenvalue weighted by Crippen LogP contribution is -2.06. The Morgan fingerprint density at radius 2 is 0.771 bits per heavy atom. The Kier molecular flexibility index (Phi) is 6.16. The molecule has 0 aromatic heterocycles. The van der Waals surface area contributed by atoms with Gasteiger partial charge in [0.25, 0.3) is 0 Å². The van der Waals surface area contributed by atoms with E-state index in [4.69, 9.17) is 4.36 Å². The van der Waals surface area contributed by atoms with Crippen LogP contribution < -0.4 is 0 Å². The molecule has 3 unspecified atom stereocenters. The van der Waals surface area contributed by atoms with Crippen LogP contribution in [0.1, 0.15) is 0 Å². The van der Waals surface area contributed by atoms with Gasteiger partial charge >= 0.3 is 0 Å². The number of benzene rings is 6. The molecule has 6 nitrogen and oxygen atoms in total. The highest BCUT2D eigenvalue weighted by atomic mass is 32.2. The molecule has 3 aliphatic rings. The highest BCUT2D eigenvalue weighted by Crippen LogP contribution is 2.51. The average Bonchev–Trinajstić information content (AvgIpc) is 3.08. The number of nitrogens with zero attached hydrogens (tertiary/aromatic N) is 3. The molecule has 6 aromatic rings. The Labute approximate surface area is 281 Å². The molecule has 0 N–H and O–H groups in total. The lowest BCUT2D eigenvalue weighted by atomic mass is 9.89. The van der Waals surface area contributed by atoms with Crippen molar-refractivity contribution >= 4 is 46.2 Å². The molecular formula is C39H29N3O3S3. The van der Waals surface area contributed by atoms with Crippen molar-refractivity contribution in [2.24, 2.45) is 13.1 Å². The second-order valence-electron chi connectivity index (χ2n) is 12.6. The zero-order chi connectivity index (χ0) is 33.0. The summed E-state index contributed by atoms with van der Waals surface area (Å²) in [5.74, 6) is 0. The van der Waals surface area contributed by atoms with Crippen LogP contribution in [0.15, 0.2) is 149 Å². The predicted octanol–water partition coefficient (Wildman–Crippen LogP) is 10.3. The molecule has 6 aromatic carbocycles. The third-order valence-electron chi connectivity index (χ3n) is 9.31. The molecule has 0 saturated carbocycles. The lowest BCUT2D eigenvalue weighted by Gasteiger charge is -2.24. The maximum atomic E-state index is 14.1. The van der Waals surface area contributed by atoms with Crippen LogP contribution in [0, 0.1) is 0 Å². The molecule has 0 amide bonds. The number of hydrogen-bond donors (Lipinski definition) is 0. The quantitative estimate of drug-likeness (QED) is 0.182. The van der Waals surface area contributed by atoms with Gasteiger partial charge in [-0.3, -0.25) is 0 Å². The standard InChI is InChI=1S/C39H29N3O3S3/c1-46(43)36-13-7-4-10-27(36)31-20-24(16-18-34(31)40-46)26-22-30(39-33(23-26)29-12-6-9-15-38(29)48(3,45)42-39)25-17-19-35-32(21-25)28-11-5-8-14-37(28)47(2,44)41-35/h4-23H,1-3H3. The number of fused-ring (bicyclic) bond motifs is 9. The molecule has 0 spiro atoms. The summed E-state index contributed by atoms with van der Waals surface area (Å²) in [5, 5.41) is 0. The summed E-state index contributed by atoms with van der Waals surface area (Å²) in [5.41, 5.74) is 11.2. The van der Waals surface area contributed by atoms with Crippen molar-refractivity contribution in [1.29, 1.82) is 0 Å². The van der Waals surface area contributed by atoms with E-state index in [1.807, 2.05) is 97.1 Å². The monoisotopic (exact) mass is 683 g/mol. The normalized spacial score (nSPS) is 22.6. The van der Waals surface area contributed by atoms with Crippen LogP contribution >= 0.6 is 0 Å². The topological polar surface area (TPSA) is 88.3 Å². The first-order valence-corrected chi connectivity index (χ1v) is 21.2. The highest BCUT2D eigenvalue weighted by Gasteiger charge is 2.28. The van der Waals surface area contributed by atoms with E-state index in [9.17, 15) is 12.6 Å². The van der Waals surface area contributed by atoms with Crippen molar-refractivity contribution < 1.29 is 12.6 Å². The van der Waals surface area contributed by atoms with E-state index in [1.54, 1.807) is 18.8 Å². The van der Waals surface area contributed by atoms with Crippen LogP contribution in [0.5, 0.6) is 0 Å². The van der Waals surface area contributed by atoms with E-state index >= 15 is 0 Å². The van der Waals surface area contributed by atoms with E-state index in [0.29, 0.717) is 22.0 Å². The Bertz CT molecular complexity index is 2830. The Balaban J connectivity index is 1.32. The maximum absolute atomic E-state index is 14.1. The minimum Gasteiger partial charge on any atom is -0.245 e. The van der Waals surface area contributed by atoms with Crippen molar-refractivity contribution in [3.63, 3.8) is 0 Å². The Morgan fingerprint density at radius 3 is 1.31 bits per heavy atom. The summed E-state index contributed by atoms with van der Waals surface area (Å²) in [6.45, 7) is 0. The van der Waals surface area contributed by atoms with Crippen LogP contribution in [-0.2, 0) is 29.2 Å². The van der Waals surface area contributed by atoms with Gasteiger partial charge in [-0.15, -0.1) is 0 Å². The van der Waals surface area contributed by atoms with Crippen LogP contribution in [0.4, 0.5) is 17.1 Å². The molecule has 3 heterocycles. The number of rotatable bonds is 2. The molecule has 9 rings (SSSR count). The van der Waals surface area contributed by atoms with Gasteiger partial charge in [0.05, 0.1) is 60.9 Å². The summed E-state index contributed by atoms with van der Waals surface area (Å²) in [4.78, 5) is 2.17. The second kappa shape index (κ2) is 10.1. The first kappa shape index (κ1) is 29.3. The van der Waals surface area contributed by atoms with E-state index in [1.165, 1.54) is 0 Å². The van der Waals surface area contributed by atoms with E-state index in [2.05, 4.69) is 33.0 Å². The molecule has 0 radical (unpaired) electrons. The van der Waals surface area contributed by atoms with Gasteiger partial charge < -0.3 is 0 Å². The van der Waals surface area contributed by atoms with E-state index < -0.39 is 29.2 Å². The smallest absolute Gasteiger partial charge is 0.0891 e. The van der Waals surface area contributed by atoms with Crippen LogP contribution in [0.3, 0.4) is 0 Å². The van der Waals surface area contributed by atoms with Crippen molar-refractivity contribution in [2.45, 2.75) is 14.7 Å². The minimum atomic E-state index is -2.72. The van der Waals surface area contributed by atoms with Gasteiger partial charge in [-0.1, -0.05) is 66.7 Å². The SMILES string of the molecule is CS1(=O)=Nc2ccc(-c3cc(-c4ccc5c(c4)-c4ccccc4S(C)(=O)=N5)c4c(c3)-c3ccccc3S(C)(=O)=N4)cc2-c2ccccc21. The third kappa shape index (κ3) is 4.38. The molecule has 0 aliphatic carbocycles.